The molecule has 1 spiro atoms. The van der Waals surface area contributed by atoms with Gasteiger partial charge < -0.3 is 19.5 Å². The van der Waals surface area contributed by atoms with E-state index in [0.29, 0.717) is 58.4 Å². The topological polar surface area (TPSA) is 102 Å². The highest BCUT2D eigenvalue weighted by atomic mass is 32.3. The van der Waals surface area contributed by atoms with E-state index in [1.807, 2.05) is 29.2 Å². The van der Waals surface area contributed by atoms with E-state index >= 15 is 0 Å². The molecule has 1 aromatic rings. The lowest BCUT2D eigenvalue weighted by Crippen LogP contribution is -2.55. The number of benzene rings is 1. The molecule has 8 nitrogen and oxygen atoms in total. The molecule has 2 aliphatic heterocycles. The average Bonchev–Trinajstić information content (AvgIpc) is 2.81. The SMILES string of the molecule is CC(=O)NCCCC(=O)N1Cc2ccccc2OC2(CCN([S+](C)(=O)[O-])CC2)C1. The molecule has 1 aromatic carbocycles. The summed E-state index contributed by atoms with van der Waals surface area (Å²) in [5, 5.41) is 2.71. The summed E-state index contributed by atoms with van der Waals surface area (Å²) in [5.41, 5.74) is 0.353. The number of sulfonamides is 1. The lowest BCUT2D eigenvalue weighted by molar-refractivity contribution is -0.135. The number of nitrogens with zero attached hydrogens (tertiary/aromatic N) is 2. The fraction of sp³-hybridized carbons (Fsp3) is 0.600. The van der Waals surface area contributed by atoms with Crippen molar-refractivity contribution in [3.8, 4) is 5.75 Å². The Kier molecular flexibility index (Phi) is 6.60. The fourth-order valence-electron chi connectivity index (χ4n) is 3.93. The number of fused-ring (bicyclic) bond motifs is 1. The van der Waals surface area contributed by atoms with E-state index in [4.69, 9.17) is 4.74 Å². The maximum atomic E-state index is 12.9. The standard InChI is InChI=1S/C20H29N3O5S/c1-16(24)21-11-5-8-19(25)22-14-17-6-3-4-7-18(17)28-20(15-22)9-12-23(13-10-20)29(2,26)27/h3-4,6-7H,5,8-15H2,1-2H3,(H-,21,24,26,27). The maximum absolute atomic E-state index is 12.9. The molecular formula is C20H29N3O5S. The van der Waals surface area contributed by atoms with Crippen LogP contribution in [0.2, 0.25) is 0 Å². The summed E-state index contributed by atoms with van der Waals surface area (Å²) in [6, 6.07) is 7.69. The monoisotopic (exact) mass is 423 g/mol. The van der Waals surface area contributed by atoms with Crippen LogP contribution in [-0.4, -0.2) is 63.6 Å². The van der Waals surface area contributed by atoms with Crippen LogP contribution in [-0.2, 0) is 30.7 Å². The lowest BCUT2D eigenvalue weighted by atomic mass is 9.91. The van der Waals surface area contributed by atoms with Gasteiger partial charge in [-0.05, 0) is 12.5 Å². The van der Waals surface area contributed by atoms with Crippen LogP contribution in [0, 0.1) is 0 Å². The summed E-state index contributed by atoms with van der Waals surface area (Å²) in [6.45, 7) is 3.58. The Balaban J connectivity index is 1.74. The van der Waals surface area contributed by atoms with Gasteiger partial charge in [0, 0.05) is 57.9 Å². The Morgan fingerprint density at radius 1 is 1.28 bits per heavy atom. The minimum absolute atomic E-state index is 0.0144. The van der Waals surface area contributed by atoms with Crippen LogP contribution in [0.15, 0.2) is 24.3 Å². The number of carbonyl (C=O) groups excluding carboxylic acids is 2. The normalized spacial score (nSPS) is 20.9. The van der Waals surface area contributed by atoms with Crippen LogP contribution >= 0.6 is 0 Å². The number of ether oxygens (including phenoxy) is 1. The van der Waals surface area contributed by atoms with Gasteiger partial charge in [-0.1, -0.05) is 22.4 Å². The van der Waals surface area contributed by atoms with Crippen LogP contribution in [0.5, 0.6) is 5.75 Å². The number of amides is 2. The maximum Gasteiger partial charge on any atom is 0.223 e. The van der Waals surface area contributed by atoms with Gasteiger partial charge in [-0.15, -0.1) is 4.31 Å². The molecular weight excluding hydrogens is 394 g/mol. The Hall–Kier alpha value is -1.97. The molecule has 0 saturated carbocycles. The Bertz CT molecular complexity index is 801. The first kappa shape index (κ1) is 21.7. The Morgan fingerprint density at radius 3 is 2.62 bits per heavy atom. The summed E-state index contributed by atoms with van der Waals surface area (Å²) in [4.78, 5) is 25.7. The van der Waals surface area contributed by atoms with Crippen molar-refractivity contribution in [3.05, 3.63) is 29.8 Å². The number of hydrogen-bond acceptors (Lipinski definition) is 5. The smallest absolute Gasteiger partial charge is 0.223 e. The van der Waals surface area contributed by atoms with Gasteiger partial charge in [-0.3, -0.25) is 9.59 Å². The van der Waals surface area contributed by atoms with Gasteiger partial charge in [0.05, 0.1) is 6.54 Å². The van der Waals surface area contributed by atoms with E-state index in [9.17, 15) is 18.4 Å². The average molecular weight is 424 g/mol. The third-order valence-electron chi connectivity index (χ3n) is 5.54. The molecule has 3 rings (SSSR count). The predicted octanol–water partition coefficient (Wildman–Crippen LogP) is 1.33. The van der Waals surface area contributed by atoms with E-state index in [1.54, 1.807) is 0 Å². The molecule has 0 bridgehead atoms. The molecule has 1 atom stereocenters. The van der Waals surface area contributed by atoms with Gasteiger partial charge in [-0.2, -0.15) is 0 Å². The number of nitrogens with one attached hydrogen (secondary N) is 1. The Labute approximate surface area is 173 Å². The zero-order valence-corrected chi connectivity index (χ0v) is 17.8. The second-order valence-corrected chi connectivity index (χ2v) is 9.87. The largest absolute Gasteiger partial charge is 0.598 e. The molecule has 2 aliphatic rings. The zero-order chi connectivity index (χ0) is 21.1. The first-order valence-electron chi connectivity index (χ1n) is 9.93. The molecule has 9 heteroatoms. The van der Waals surface area contributed by atoms with Crippen LogP contribution < -0.4 is 10.1 Å². The number of para-hydroxylation sites is 1. The van der Waals surface area contributed by atoms with Crippen molar-refractivity contribution in [1.29, 1.82) is 0 Å². The molecule has 0 aromatic heterocycles. The predicted molar refractivity (Wildman–Crippen MR) is 109 cm³/mol. The van der Waals surface area contributed by atoms with Crippen molar-refractivity contribution in [2.24, 2.45) is 0 Å². The first-order chi connectivity index (χ1) is 13.7. The molecule has 0 radical (unpaired) electrons. The first-order valence-corrected chi connectivity index (χ1v) is 11.8. The Morgan fingerprint density at radius 2 is 1.97 bits per heavy atom. The van der Waals surface area contributed by atoms with E-state index in [1.165, 1.54) is 17.5 Å². The van der Waals surface area contributed by atoms with Gasteiger partial charge in [0.15, 0.2) is 0 Å². The molecule has 160 valence electrons. The van der Waals surface area contributed by atoms with Crippen molar-refractivity contribution in [3.63, 3.8) is 0 Å². The summed E-state index contributed by atoms with van der Waals surface area (Å²) in [7, 11) is -3.24. The highest BCUT2D eigenvalue weighted by molar-refractivity contribution is 7.94. The molecule has 1 fully saturated rings. The minimum Gasteiger partial charge on any atom is -0.598 e. The van der Waals surface area contributed by atoms with Crippen LogP contribution in [0.4, 0.5) is 0 Å². The highest BCUT2D eigenvalue weighted by Crippen LogP contribution is 2.36. The molecule has 29 heavy (non-hydrogen) atoms. The second kappa shape index (κ2) is 8.81. The molecule has 2 amide bonds. The zero-order valence-electron chi connectivity index (χ0n) is 17.0. The summed E-state index contributed by atoms with van der Waals surface area (Å²) in [6.07, 6.45) is 3.20. The van der Waals surface area contributed by atoms with E-state index in [-0.39, 0.29) is 11.8 Å². The van der Waals surface area contributed by atoms with Crippen LogP contribution in [0.1, 0.15) is 38.2 Å². The minimum atomic E-state index is -3.24. The summed E-state index contributed by atoms with van der Waals surface area (Å²) in [5.74, 6) is 0.667. The third kappa shape index (κ3) is 5.55. The van der Waals surface area contributed by atoms with Gasteiger partial charge >= 0.3 is 0 Å². The van der Waals surface area contributed by atoms with Crippen molar-refractivity contribution in [2.75, 3.05) is 32.4 Å². The van der Waals surface area contributed by atoms with Gasteiger partial charge in [-0.25, -0.2) is 0 Å². The number of rotatable bonds is 5. The van der Waals surface area contributed by atoms with Crippen LogP contribution in [0.3, 0.4) is 0 Å². The van der Waals surface area contributed by atoms with E-state index in [2.05, 4.69) is 5.32 Å². The van der Waals surface area contributed by atoms with Crippen LogP contribution in [0.25, 0.3) is 0 Å². The van der Waals surface area contributed by atoms with Crippen molar-refractivity contribution >= 4 is 22.2 Å². The molecule has 1 N–H and O–H groups in total. The fourth-order valence-corrected chi connectivity index (χ4v) is 4.78. The molecule has 1 unspecified atom stereocenters. The van der Waals surface area contributed by atoms with E-state index < -0.39 is 16.0 Å². The quantitative estimate of drug-likeness (QED) is 0.569. The number of piperidine rings is 1. The van der Waals surface area contributed by atoms with Crippen molar-refractivity contribution in [2.45, 2.75) is 44.8 Å². The highest BCUT2D eigenvalue weighted by Gasteiger charge is 2.44. The second-order valence-electron chi connectivity index (χ2n) is 7.89. The third-order valence-corrected chi connectivity index (χ3v) is 6.84. The summed E-state index contributed by atoms with van der Waals surface area (Å²) >= 11 is 0. The molecule has 0 aliphatic carbocycles. The van der Waals surface area contributed by atoms with Gasteiger partial charge in [0.1, 0.15) is 28.0 Å². The number of carbonyl (C=O) groups is 2. The molecule has 2 heterocycles. The van der Waals surface area contributed by atoms with E-state index in [0.717, 1.165) is 11.3 Å². The van der Waals surface area contributed by atoms with Crippen molar-refractivity contribution in [1.82, 2.24) is 14.5 Å². The molecule has 1 saturated heterocycles. The van der Waals surface area contributed by atoms with Gasteiger partial charge in [0.2, 0.25) is 11.8 Å². The van der Waals surface area contributed by atoms with Crippen molar-refractivity contribution < 1.29 is 23.1 Å². The van der Waals surface area contributed by atoms with Gasteiger partial charge in [0.25, 0.3) is 0 Å². The summed E-state index contributed by atoms with van der Waals surface area (Å²) < 4.78 is 31.6. The number of hydrogen-bond donors (Lipinski definition) is 1. The lowest BCUT2D eigenvalue weighted by Gasteiger charge is -2.42.